The smallest absolute Gasteiger partial charge is 0.238 e. The Hall–Kier alpha value is -1.92. The van der Waals surface area contributed by atoms with E-state index in [4.69, 9.17) is 11.6 Å². The molecular formula is C18H22ClFN4O. The summed E-state index contributed by atoms with van der Waals surface area (Å²) >= 11 is 5.73. The summed E-state index contributed by atoms with van der Waals surface area (Å²) < 4.78 is 15.3. The van der Waals surface area contributed by atoms with Crippen molar-refractivity contribution in [3.8, 4) is 0 Å². The van der Waals surface area contributed by atoms with Gasteiger partial charge in [0, 0.05) is 24.6 Å². The number of hydrogen-bond donors (Lipinski definition) is 1. The molecule has 1 amide bonds. The zero-order valence-electron chi connectivity index (χ0n) is 14.2. The van der Waals surface area contributed by atoms with Crippen LogP contribution in [0.3, 0.4) is 0 Å². The third-order valence-corrected chi connectivity index (χ3v) is 4.95. The SMILES string of the molecule is Cc1nccn1CC1CCN(CC(=O)Nc2ccc(F)c(Cl)c2)CC1. The van der Waals surface area contributed by atoms with Gasteiger partial charge in [-0.05, 0) is 57.0 Å². The van der Waals surface area contributed by atoms with Gasteiger partial charge in [-0.2, -0.15) is 0 Å². The minimum Gasteiger partial charge on any atom is -0.335 e. The van der Waals surface area contributed by atoms with E-state index in [1.807, 2.05) is 19.3 Å². The first-order chi connectivity index (χ1) is 12.0. The molecule has 1 aliphatic rings. The van der Waals surface area contributed by atoms with Crippen molar-refractivity contribution in [2.75, 3.05) is 25.0 Å². The average Bonchev–Trinajstić information content (AvgIpc) is 2.98. The average molecular weight is 365 g/mol. The Bertz CT molecular complexity index is 740. The van der Waals surface area contributed by atoms with Crippen molar-refractivity contribution in [2.24, 2.45) is 5.92 Å². The van der Waals surface area contributed by atoms with Crippen LogP contribution < -0.4 is 5.32 Å². The van der Waals surface area contributed by atoms with Gasteiger partial charge in [-0.15, -0.1) is 0 Å². The number of imidazole rings is 1. The quantitative estimate of drug-likeness (QED) is 0.885. The molecular weight excluding hydrogens is 343 g/mol. The Labute approximate surface area is 151 Å². The fourth-order valence-electron chi connectivity index (χ4n) is 3.18. The molecule has 0 saturated carbocycles. The van der Waals surface area contributed by atoms with Crippen molar-refractivity contribution in [1.29, 1.82) is 0 Å². The fraction of sp³-hybridized carbons (Fsp3) is 0.444. The van der Waals surface area contributed by atoms with Gasteiger partial charge >= 0.3 is 0 Å². The van der Waals surface area contributed by atoms with Crippen molar-refractivity contribution in [2.45, 2.75) is 26.3 Å². The molecule has 25 heavy (non-hydrogen) atoms. The molecule has 1 N–H and O–H groups in total. The minimum atomic E-state index is -0.491. The number of anilines is 1. The van der Waals surface area contributed by atoms with E-state index < -0.39 is 5.82 Å². The Morgan fingerprint density at radius 2 is 2.16 bits per heavy atom. The van der Waals surface area contributed by atoms with Gasteiger partial charge < -0.3 is 9.88 Å². The molecule has 1 aromatic carbocycles. The lowest BCUT2D eigenvalue weighted by molar-refractivity contribution is -0.117. The summed E-state index contributed by atoms with van der Waals surface area (Å²) in [4.78, 5) is 18.6. The normalized spacial score (nSPS) is 16.1. The van der Waals surface area contributed by atoms with Crippen molar-refractivity contribution in [1.82, 2.24) is 14.5 Å². The van der Waals surface area contributed by atoms with E-state index in [1.165, 1.54) is 18.2 Å². The van der Waals surface area contributed by atoms with Gasteiger partial charge in [0.1, 0.15) is 11.6 Å². The molecule has 1 saturated heterocycles. The van der Waals surface area contributed by atoms with E-state index in [-0.39, 0.29) is 10.9 Å². The summed E-state index contributed by atoms with van der Waals surface area (Å²) in [5.74, 6) is 1.06. The summed E-state index contributed by atoms with van der Waals surface area (Å²) in [5, 5.41) is 2.78. The first-order valence-corrected chi connectivity index (χ1v) is 8.84. The third-order valence-electron chi connectivity index (χ3n) is 4.66. The van der Waals surface area contributed by atoms with Crippen molar-refractivity contribution in [3.63, 3.8) is 0 Å². The summed E-state index contributed by atoms with van der Waals surface area (Å²) in [6.45, 7) is 5.14. The highest BCUT2D eigenvalue weighted by atomic mass is 35.5. The maximum Gasteiger partial charge on any atom is 0.238 e. The van der Waals surface area contributed by atoms with Gasteiger partial charge in [-0.25, -0.2) is 9.37 Å². The van der Waals surface area contributed by atoms with Gasteiger partial charge in [0.25, 0.3) is 0 Å². The third kappa shape index (κ3) is 4.80. The second-order valence-corrected chi connectivity index (χ2v) is 6.93. The van der Waals surface area contributed by atoms with E-state index in [1.54, 1.807) is 0 Å². The molecule has 0 radical (unpaired) electrons. The molecule has 1 fully saturated rings. The highest BCUT2D eigenvalue weighted by Crippen LogP contribution is 2.21. The lowest BCUT2D eigenvalue weighted by Crippen LogP contribution is -2.40. The fourth-order valence-corrected chi connectivity index (χ4v) is 3.36. The number of hydrogen-bond acceptors (Lipinski definition) is 3. The molecule has 1 aliphatic heterocycles. The molecule has 0 aliphatic carbocycles. The topological polar surface area (TPSA) is 50.2 Å². The van der Waals surface area contributed by atoms with Crippen LogP contribution >= 0.6 is 11.6 Å². The molecule has 134 valence electrons. The highest BCUT2D eigenvalue weighted by molar-refractivity contribution is 6.31. The molecule has 0 spiro atoms. The van der Waals surface area contributed by atoms with Crippen molar-refractivity contribution < 1.29 is 9.18 Å². The maximum absolute atomic E-state index is 13.1. The number of nitrogens with one attached hydrogen (secondary N) is 1. The zero-order valence-corrected chi connectivity index (χ0v) is 15.0. The summed E-state index contributed by atoms with van der Waals surface area (Å²) in [5.41, 5.74) is 0.516. The highest BCUT2D eigenvalue weighted by Gasteiger charge is 2.21. The second-order valence-electron chi connectivity index (χ2n) is 6.52. The van der Waals surface area contributed by atoms with Crippen LogP contribution in [0.1, 0.15) is 18.7 Å². The number of likely N-dealkylation sites (tertiary alicyclic amines) is 1. The monoisotopic (exact) mass is 364 g/mol. The van der Waals surface area contributed by atoms with Crippen molar-refractivity contribution in [3.05, 3.63) is 47.3 Å². The number of aryl methyl sites for hydroxylation is 1. The van der Waals surface area contributed by atoms with Crippen LogP contribution in [-0.2, 0) is 11.3 Å². The summed E-state index contributed by atoms with van der Waals surface area (Å²) in [6.07, 6.45) is 5.97. The summed E-state index contributed by atoms with van der Waals surface area (Å²) in [6, 6.07) is 4.19. The number of amides is 1. The van der Waals surface area contributed by atoms with Crippen LogP contribution in [0.25, 0.3) is 0 Å². The number of carbonyl (C=O) groups is 1. The van der Waals surface area contributed by atoms with Gasteiger partial charge in [0.2, 0.25) is 5.91 Å². The Balaban J connectivity index is 1.44. The lowest BCUT2D eigenvalue weighted by Gasteiger charge is -2.31. The van der Waals surface area contributed by atoms with E-state index in [9.17, 15) is 9.18 Å². The zero-order chi connectivity index (χ0) is 17.8. The van der Waals surface area contributed by atoms with Crippen molar-refractivity contribution >= 4 is 23.2 Å². The number of nitrogens with zero attached hydrogens (tertiary/aromatic N) is 3. The lowest BCUT2D eigenvalue weighted by atomic mass is 9.96. The minimum absolute atomic E-state index is 0.00779. The largest absolute Gasteiger partial charge is 0.335 e. The number of aromatic nitrogens is 2. The maximum atomic E-state index is 13.1. The predicted octanol–water partition coefficient (Wildman–Crippen LogP) is 3.33. The van der Waals surface area contributed by atoms with Gasteiger partial charge in [0.05, 0.1) is 11.6 Å². The van der Waals surface area contributed by atoms with E-state index in [0.29, 0.717) is 18.2 Å². The Morgan fingerprint density at radius 1 is 1.40 bits per heavy atom. The number of piperidine rings is 1. The molecule has 1 aromatic heterocycles. The van der Waals surface area contributed by atoms with Crippen LogP contribution in [0, 0.1) is 18.7 Å². The van der Waals surface area contributed by atoms with Gasteiger partial charge in [0.15, 0.2) is 0 Å². The molecule has 7 heteroatoms. The van der Waals surface area contributed by atoms with Crippen LogP contribution in [0.2, 0.25) is 5.02 Å². The van der Waals surface area contributed by atoms with Crippen LogP contribution in [-0.4, -0.2) is 40.0 Å². The number of benzene rings is 1. The van der Waals surface area contributed by atoms with E-state index in [2.05, 4.69) is 19.8 Å². The molecule has 2 heterocycles. The summed E-state index contributed by atoms with van der Waals surface area (Å²) in [7, 11) is 0. The standard InChI is InChI=1S/C18H22ClFN4O/c1-13-21-6-9-24(13)11-14-4-7-23(8-5-14)12-18(25)22-15-2-3-17(20)16(19)10-15/h2-3,6,9-10,14H,4-5,7-8,11-12H2,1H3,(H,22,25). The molecule has 2 aromatic rings. The van der Waals surface area contributed by atoms with Gasteiger partial charge in [-0.3, -0.25) is 9.69 Å². The molecule has 0 bridgehead atoms. The van der Waals surface area contributed by atoms with E-state index >= 15 is 0 Å². The number of carbonyl (C=O) groups excluding carboxylic acids is 1. The van der Waals surface area contributed by atoms with Crippen LogP contribution in [0.5, 0.6) is 0 Å². The Morgan fingerprint density at radius 3 is 2.80 bits per heavy atom. The molecule has 0 atom stereocenters. The molecule has 5 nitrogen and oxygen atoms in total. The Kier molecular flexibility index (Phi) is 5.71. The molecule has 3 rings (SSSR count). The number of rotatable bonds is 5. The first kappa shape index (κ1) is 17.9. The number of halogens is 2. The van der Waals surface area contributed by atoms with Crippen LogP contribution in [0.15, 0.2) is 30.6 Å². The van der Waals surface area contributed by atoms with Gasteiger partial charge in [-0.1, -0.05) is 11.6 Å². The van der Waals surface area contributed by atoms with E-state index in [0.717, 1.165) is 38.3 Å². The van der Waals surface area contributed by atoms with Crippen LogP contribution in [0.4, 0.5) is 10.1 Å². The first-order valence-electron chi connectivity index (χ1n) is 8.46. The molecule has 0 unspecified atom stereocenters. The second kappa shape index (κ2) is 7.97. The predicted molar refractivity (Wildman–Crippen MR) is 96.2 cm³/mol.